The number of H-pyrrole nitrogens is 1. The summed E-state index contributed by atoms with van der Waals surface area (Å²) in [6.45, 7) is 11.0. The van der Waals surface area contributed by atoms with Gasteiger partial charge in [0, 0.05) is 17.1 Å². The van der Waals surface area contributed by atoms with E-state index in [1.807, 2.05) is 0 Å². The number of nitrogens with zero attached hydrogens (tertiary/aromatic N) is 1. The smallest absolute Gasteiger partial charge is 0.112 e. The van der Waals surface area contributed by atoms with Crippen molar-refractivity contribution in [1.29, 1.82) is 0 Å². The minimum atomic E-state index is 0.0566. The highest BCUT2D eigenvalue weighted by Gasteiger charge is 2.18. The van der Waals surface area contributed by atoms with E-state index in [0.717, 1.165) is 16.9 Å². The Labute approximate surface area is 122 Å². The maximum Gasteiger partial charge on any atom is 0.112 e. The molecule has 3 nitrogen and oxygen atoms in total. The molecule has 20 heavy (non-hydrogen) atoms. The Kier molecular flexibility index (Phi) is 4.36. The second-order valence-electron chi connectivity index (χ2n) is 6.75. The first kappa shape index (κ1) is 14.9. The molecule has 2 aromatic rings. The van der Waals surface area contributed by atoms with Gasteiger partial charge in [-0.25, -0.2) is 4.98 Å². The number of aromatic amines is 1. The van der Waals surface area contributed by atoms with Crippen LogP contribution in [0.5, 0.6) is 0 Å². The van der Waals surface area contributed by atoms with E-state index in [9.17, 15) is 0 Å². The van der Waals surface area contributed by atoms with Gasteiger partial charge in [0.1, 0.15) is 5.82 Å². The monoisotopic (exact) mass is 273 g/mol. The van der Waals surface area contributed by atoms with Gasteiger partial charge in [-0.1, -0.05) is 40.5 Å². The largest absolute Gasteiger partial charge is 0.383 e. The average Bonchev–Trinajstić information content (AvgIpc) is 2.79. The lowest BCUT2D eigenvalue weighted by Crippen LogP contribution is -2.14. The van der Waals surface area contributed by atoms with E-state index in [1.165, 1.54) is 24.9 Å². The summed E-state index contributed by atoms with van der Waals surface area (Å²) in [5.74, 6) is 1.05. The topological polar surface area (TPSA) is 40.7 Å². The molecule has 3 heteroatoms. The normalized spacial score (nSPS) is 13.7. The minimum Gasteiger partial charge on any atom is -0.383 e. The lowest BCUT2D eigenvalue weighted by Gasteiger charge is -2.14. The van der Waals surface area contributed by atoms with Gasteiger partial charge in [0.05, 0.1) is 11.0 Å². The van der Waals surface area contributed by atoms with Crippen molar-refractivity contribution in [3.05, 3.63) is 24.0 Å². The molecule has 1 atom stereocenters. The van der Waals surface area contributed by atoms with Gasteiger partial charge >= 0.3 is 0 Å². The van der Waals surface area contributed by atoms with Crippen molar-refractivity contribution in [3.63, 3.8) is 0 Å². The van der Waals surface area contributed by atoms with Crippen LogP contribution in [0.4, 0.5) is 5.69 Å². The summed E-state index contributed by atoms with van der Waals surface area (Å²) in [4.78, 5) is 8.11. The number of nitrogens with one attached hydrogen (secondary N) is 2. The van der Waals surface area contributed by atoms with E-state index in [4.69, 9.17) is 0 Å². The molecular weight excluding hydrogens is 246 g/mol. The molecular formula is C17H27N3. The number of imidazole rings is 1. The molecule has 0 fully saturated rings. The van der Waals surface area contributed by atoms with Crippen molar-refractivity contribution in [1.82, 2.24) is 9.97 Å². The zero-order valence-corrected chi connectivity index (χ0v) is 13.4. The fraction of sp³-hybridized carbons (Fsp3) is 0.588. The van der Waals surface area contributed by atoms with Crippen LogP contribution in [0.15, 0.2) is 18.2 Å². The van der Waals surface area contributed by atoms with Crippen molar-refractivity contribution >= 4 is 16.7 Å². The van der Waals surface area contributed by atoms with Gasteiger partial charge in [-0.2, -0.15) is 0 Å². The molecule has 0 aliphatic rings. The molecule has 2 N–H and O–H groups in total. The number of hydrogen-bond donors (Lipinski definition) is 2. The highest BCUT2D eigenvalue weighted by Crippen LogP contribution is 2.24. The van der Waals surface area contributed by atoms with E-state index >= 15 is 0 Å². The molecule has 1 heterocycles. The molecule has 110 valence electrons. The molecule has 0 spiro atoms. The number of aromatic nitrogens is 2. The molecule has 0 saturated heterocycles. The molecule has 0 radical (unpaired) electrons. The molecule has 0 bridgehead atoms. The summed E-state index contributed by atoms with van der Waals surface area (Å²) in [6, 6.07) is 6.89. The van der Waals surface area contributed by atoms with Gasteiger partial charge in [0.2, 0.25) is 0 Å². The van der Waals surface area contributed by atoms with Crippen LogP contribution >= 0.6 is 0 Å². The fourth-order valence-electron chi connectivity index (χ4n) is 2.32. The van der Waals surface area contributed by atoms with Crippen molar-refractivity contribution in [2.75, 3.05) is 5.32 Å². The summed E-state index contributed by atoms with van der Waals surface area (Å²) in [6.07, 6.45) is 3.74. The van der Waals surface area contributed by atoms with Crippen molar-refractivity contribution in [2.45, 2.75) is 65.3 Å². The van der Waals surface area contributed by atoms with Crippen LogP contribution in [0.3, 0.4) is 0 Å². The quantitative estimate of drug-likeness (QED) is 0.817. The number of fused-ring (bicyclic) bond motifs is 1. The van der Waals surface area contributed by atoms with E-state index in [0.29, 0.717) is 6.04 Å². The summed E-state index contributed by atoms with van der Waals surface area (Å²) in [5.41, 5.74) is 3.38. The Balaban J connectivity index is 2.17. The van der Waals surface area contributed by atoms with Crippen LogP contribution in [0.1, 0.15) is 59.7 Å². The maximum absolute atomic E-state index is 4.67. The summed E-state index contributed by atoms with van der Waals surface area (Å²) in [7, 11) is 0. The number of benzene rings is 1. The van der Waals surface area contributed by atoms with Crippen molar-refractivity contribution < 1.29 is 0 Å². The number of anilines is 1. The molecule has 0 amide bonds. The predicted molar refractivity (Wildman–Crippen MR) is 87.4 cm³/mol. The molecule has 0 aliphatic carbocycles. The van der Waals surface area contributed by atoms with Crippen LogP contribution < -0.4 is 5.32 Å². The number of rotatable bonds is 5. The first-order valence-corrected chi connectivity index (χ1v) is 7.67. The molecule has 1 unspecified atom stereocenters. The highest BCUT2D eigenvalue weighted by molar-refractivity contribution is 5.79. The Bertz CT molecular complexity index is 563. The molecule has 0 saturated carbocycles. The van der Waals surface area contributed by atoms with Gasteiger partial charge in [0.25, 0.3) is 0 Å². The Morgan fingerprint density at radius 2 is 2.05 bits per heavy atom. The van der Waals surface area contributed by atoms with E-state index < -0.39 is 0 Å². The van der Waals surface area contributed by atoms with Gasteiger partial charge in [0.15, 0.2) is 0 Å². The first-order valence-electron chi connectivity index (χ1n) is 7.67. The van der Waals surface area contributed by atoms with Gasteiger partial charge < -0.3 is 10.3 Å². The van der Waals surface area contributed by atoms with Gasteiger partial charge in [-0.3, -0.25) is 0 Å². The SMILES string of the molecule is CCCCC(C)Nc1ccc2nc(C(C)(C)C)[nH]c2c1. The van der Waals surface area contributed by atoms with Crippen LogP contribution in [-0.2, 0) is 5.41 Å². The zero-order valence-electron chi connectivity index (χ0n) is 13.4. The van der Waals surface area contributed by atoms with Crippen LogP contribution in [-0.4, -0.2) is 16.0 Å². The standard InChI is InChI=1S/C17H27N3/c1-6-7-8-12(2)18-13-9-10-14-15(11-13)20-16(19-14)17(3,4)5/h9-12,18H,6-8H2,1-5H3,(H,19,20). The fourth-order valence-corrected chi connectivity index (χ4v) is 2.32. The second kappa shape index (κ2) is 5.86. The summed E-state index contributed by atoms with van der Waals surface area (Å²) >= 11 is 0. The van der Waals surface area contributed by atoms with E-state index in [1.54, 1.807) is 0 Å². The minimum absolute atomic E-state index is 0.0566. The van der Waals surface area contributed by atoms with Crippen molar-refractivity contribution in [2.24, 2.45) is 0 Å². The third kappa shape index (κ3) is 3.53. The highest BCUT2D eigenvalue weighted by atomic mass is 14.9. The van der Waals surface area contributed by atoms with Crippen LogP contribution in [0.2, 0.25) is 0 Å². The lowest BCUT2D eigenvalue weighted by molar-refractivity contribution is 0.554. The predicted octanol–water partition coefficient (Wildman–Crippen LogP) is 4.85. The third-order valence-electron chi connectivity index (χ3n) is 3.60. The maximum atomic E-state index is 4.67. The second-order valence-corrected chi connectivity index (χ2v) is 6.75. The Morgan fingerprint density at radius 1 is 1.30 bits per heavy atom. The summed E-state index contributed by atoms with van der Waals surface area (Å²) < 4.78 is 0. The third-order valence-corrected chi connectivity index (χ3v) is 3.60. The first-order chi connectivity index (χ1) is 9.40. The summed E-state index contributed by atoms with van der Waals surface area (Å²) in [5, 5.41) is 3.57. The van der Waals surface area contributed by atoms with E-state index in [-0.39, 0.29) is 5.41 Å². The zero-order chi connectivity index (χ0) is 14.8. The molecule has 0 aliphatic heterocycles. The van der Waals surface area contributed by atoms with Gasteiger partial charge in [-0.05, 0) is 31.5 Å². The number of hydrogen-bond acceptors (Lipinski definition) is 2. The Morgan fingerprint density at radius 3 is 2.70 bits per heavy atom. The van der Waals surface area contributed by atoms with Crippen LogP contribution in [0, 0.1) is 0 Å². The molecule has 2 rings (SSSR count). The van der Waals surface area contributed by atoms with Crippen molar-refractivity contribution in [3.8, 4) is 0 Å². The molecule has 1 aromatic carbocycles. The molecule has 1 aromatic heterocycles. The van der Waals surface area contributed by atoms with E-state index in [2.05, 4.69) is 68.1 Å². The lowest BCUT2D eigenvalue weighted by atomic mass is 9.96. The Hall–Kier alpha value is -1.51. The van der Waals surface area contributed by atoms with Crippen LogP contribution in [0.25, 0.3) is 11.0 Å². The average molecular weight is 273 g/mol. The number of unbranched alkanes of at least 4 members (excludes halogenated alkanes) is 1. The van der Waals surface area contributed by atoms with Gasteiger partial charge in [-0.15, -0.1) is 0 Å².